The summed E-state index contributed by atoms with van der Waals surface area (Å²) in [6, 6.07) is 12.8. The minimum atomic E-state index is -0.505. The van der Waals surface area contributed by atoms with Crippen molar-refractivity contribution < 1.29 is 9.59 Å². The number of hydrogen-bond donors (Lipinski definition) is 0. The maximum atomic E-state index is 12.8. The SMILES string of the molecule is CN1C(=O)C(Cc2ccccc2)N(C)C(=O)/C1=C\c1cccnc1Br. The molecule has 0 N–H and O–H groups in total. The first-order chi connectivity index (χ1) is 12.0. The first-order valence-electron chi connectivity index (χ1n) is 7.90. The predicted molar refractivity (Wildman–Crippen MR) is 99.4 cm³/mol. The summed E-state index contributed by atoms with van der Waals surface area (Å²) in [5, 5.41) is 0. The summed E-state index contributed by atoms with van der Waals surface area (Å²) in [6.45, 7) is 0. The van der Waals surface area contributed by atoms with E-state index in [-0.39, 0.29) is 11.8 Å². The van der Waals surface area contributed by atoms with Crippen molar-refractivity contribution in [2.24, 2.45) is 0 Å². The Kier molecular flexibility index (Phi) is 4.99. The monoisotopic (exact) mass is 399 g/mol. The summed E-state index contributed by atoms with van der Waals surface area (Å²) in [5.41, 5.74) is 2.11. The average molecular weight is 400 g/mol. The normalized spacial score (nSPS) is 19.6. The predicted octanol–water partition coefficient (Wildman–Crippen LogP) is 2.73. The average Bonchev–Trinajstić information content (AvgIpc) is 2.63. The van der Waals surface area contributed by atoms with Gasteiger partial charge in [0.2, 0.25) is 5.91 Å². The van der Waals surface area contributed by atoms with Gasteiger partial charge in [0, 0.05) is 32.3 Å². The van der Waals surface area contributed by atoms with Crippen LogP contribution in [-0.4, -0.2) is 46.7 Å². The third-order valence-electron chi connectivity index (χ3n) is 4.34. The molecule has 1 aromatic carbocycles. The molecule has 1 aliphatic heterocycles. The number of halogens is 1. The Hall–Kier alpha value is -2.47. The van der Waals surface area contributed by atoms with Crippen LogP contribution in [0.5, 0.6) is 0 Å². The highest BCUT2D eigenvalue weighted by molar-refractivity contribution is 9.10. The van der Waals surface area contributed by atoms with Gasteiger partial charge in [-0.2, -0.15) is 0 Å². The van der Waals surface area contributed by atoms with Gasteiger partial charge in [-0.05, 0) is 33.6 Å². The van der Waals surface area contributed by atoms with Gasteiger partial charge in [0.05, 0.1) is 0 Å². The third-order valence-corrected chi connectivity index (χ3v) is 5.00. The van der Waals surface area contributed by atoms with Crippen LogP contribution in [0.15, 0.2) is 59.0 Å². The standard InChI is InChI=1S/C19H18BrN3O2/c1-22-15(11-13-7-4-3-5-8-13)18(24)23(2)16(19(22)25)12-14-9-6-10-21-17(14)20/h3-10,12,15H,11H2,1-2H3/b16-12+. The molecule has 2 heterocycles. The van der Waals surface area contributed by atoms with E-state index in [0.717, 1.165) is 11.1 Å². The Morgan fingerprint density at radius 2 is 1.84 bits per heavy atom. The van der Waals surface area contributed by atoms with Crippen LogP contribution in [0.2, 0.25) is 0 Å². The van der Waals surface area contributed by atoms with Crippen molar-refractivity contribution in [3.8, 4) is 0 Å². The van der Waals surface area contributed by atoms with Crippen LogP contribution in [0.1, 0.15) is 11.1 Å². The highest BCUT2D eigenvalue weighted by atomic mass is 79.9. The minimum Gasteiger partial charge on any atom is -0.328 e. The maximum absolute atomic E-state index is 12.8. The second-order valence-corrected chi connectivity index (χ2v) is 6.68. The number of aromatic nitrogens is 1. The second-order valence-electron chi connectivity index (χ2n) is 5.93. The summed E-state index contributed by atoms with van der Waals surface area (Å²) >= 11 is 3.37. The summed E-state index contributed by atoms with van der Waals surface area (Å²) in [4.78, 5) is 32.8. The van der Waals surface area contributed by atoms with Crippen molar-refractivity contribution in [3.05, 3.63) is 70.1 Å². The molecule has 1 saturated heterocycles. The van der Waals surface area contributed by atoms with E-state index >= 15 is 0 Å². The first kappa shape index (κ1) is 17.4. The van der Waals surface area contributed by atoms with Gasteiger partial charge in [-0.15, -0.1) is 0 Å². The molecule has 0 saturated carbocycles. The number of rotatable bonds is 3. The van der Waals surface area contributed by atoms with Gasteiger partial charge < -0.3 is 9.80 Å². The van der Waals surface area contributed by atoms with Crippen molar-refractivity contribution in [1.29, 1.82) is 0 Å². The molecule has 2 aromatic rings. The molecule has 1 aromatic heterocycles. The fourth-order valence-electron chi connectivity index (χ4n) is 2.85. The lowest BCUT2D eigenvalue weighted by atomic mass is 10.0. The maximum Gasteiger partial charge on any atom is 0.271 e. The molecule has 5 nitrogen and oxygen atoms in total. The lowest BCUT2D eigenvalue weighted by molar-refractivity contribution is -0.148. The molecule has 3 rings (SSSR count). The van der Waals surface area contributed by atoms with Gasteiger partial charge in [-0.25, -0.2) is 4.98 Å². The van der Waals surface area contributed by atoms with Crippen molar-refractivity contribution in [1.82, 2.24) is 14.8 Å². The highest BCUT2D eigenvalue weighted by Crippen LogP contribution is 2.25. The molecule has 0 radical (unpaired) electrons. The number of hydrogen-bond acceptors (Lipinski definition) is 3. The van der Waals surface area contributed by atoms with Gasteiger partial charge >= 0.3 is 0 Å². The zero-order valence-corrected chi connectivity index (χ0v) is 15.6. The van der Waals surface area contributed by atoms with Crippen LogP contribution in [0.25, 0.3) is 6.08 Å². The molecule has 1 aliphatic rings. The van der Waals surface area contributed by atoms with E-state index in [1.807, 2.05) is 36.4 Å². The van der Waals surface area contributed by atoms with Gasteiger partial charge in [0.1, 0.15) is 16.3 Å². The topological polar surface area (TPSA) is 53.5 Å². The number of nitrogens with zero attached hydrogens (tertiary/aromatic N) is 3. The molecular weight excluding hydrogens is 382 g/mol. The fourth-order valence-corrected chi connectivity index (χ4v) is 3.21. The van der Waals surface area contributed by atoms with E-state index in [9.17, 15) is 9.59 Å². The molecule has 6 heteroatoms. The van der Waals surface area contributed by atoms with Gasteiger partial charge in [-0.1, -0.05) is 36.4 Å². The van der Waals surface area contributed by atoms with Crippen LogP contribution in [0.4, 0.5) is 0 Å². The molecular formula is C19H18BrN3O2. The Bertz CT molecular complexity index is 836. The number of carbonyl (C=O) groups excluding carboxylic acids is 2. The first-order valence-corrected chi connectivity index (χ1v) is 8.69. The smallest absolute Gasteiger partial charge is 0.271 e. The third kappa shape index (κ3) is 3.49. The van der Waals surface area contributed by atoms with Crippen molar-refractivity contribution in [2.45, 2.75) is 12.5 Å². The van der Waals surface area contributed by atoms with Crippen LogP contribution in [0.3, 0.4) is 0 Å². The Morgan fingerprint density at radius 3 is 2.52 bits per heavy atom. The largest absolute Gasteiger partial charge is 0.328 e. The Balaban J connectivity index is 1.91. The van der Waals surface area contributed by atoms with Crippen molar-refractivity contribution in [2.75, 3.05) is 14.1 Å². The van der Waals surface area contributed by atoms with Gasteiger partial charge in [0.25, 0.3) is 5.91 Å². The van der Waals surface area contributed by atoms with Crippen LogP contribution in [-0.2, 0) is 16.0 Å². The van der Waals surface area contributed by atoms with Gasteiger partial charge in [-0.3, -0.25) is 9.59 Å². The van der Waals surface area contributed by atoms with Gasteiger partial charge in [0.15, 0.2) is 0 Å². The summed E-state index contributed by atoms with van der Waals surface area (Å²) < 4.78 is 0.630. The molecule has 0 spiro atoms. The van der Waals surface area contributed by atoms with E-state index in [1.165, 1.54) is 9.80 Å². The molecule has 2 amide bonds. The molecule has 1 atom stereocenters. The number of amides is 2. The molecule has 25 heavy (non-hydrogen) atoms. The van der Waals surface area contributed by atoms with Crippen LogP contribution < -0.4 is 0 Å². The van der Waals surface area contributed by atoms with Crippen molar-refractivity contribution in [3.63, 3.8) is 0 Å². The minimum absolute atomic E-state index is 0.0998. The van der Waals surface area contributed by atoms with E-state index in [0.29, 0.717) is 16.7 Å². The Labute approximate surface area is 155 Å². The lowest BCUT2D eigenvalue weighted by Crippen LogP contribution is -2.56. The molecule has 1 unspecified atom stereocenters. The number of piperazine rings is 1. The van der Waals surface area contributed by atoms with Crippen LogP contribution >= 0.6 is 15.9 Å². The number of benzene rings is 1. The quantitative estimate of drug-likeness (QED) is 0.588. The zero-order chi connectivity index (χ0) is 18.0. The second kappa shape index (κ2) is 7.19. The van der Waals surface area contributed by atoms with E-state index in [4.69, 9.17) is 0 Å². The number of likely N-dealkylation sites (N-methyl/N-ethyl adjacent to an activating group) is 2. The number of carbonyl (C=O) groups is 2. The molecule has 0 bridgehead atoms. The molecule has 128 valence electrons. The fraction of sp³-hybridized carbons (Fsp3) is 0.211. The molecule has 1 fully saturated rings. The van der Waals surface area contributed by atoms with Crippen LogP contribution in [0, 0.1) is 0 Å². The Morgan fingerprint density at radius 1 is 1.12 bits per heavy atom. The van der Waals surface area contributed by atoms with Crippen molar-refractivity contribution >= 4 is 33.8 Å². The number of pyridine rings is 1. The molecule has 0 aliphatic carbocycles. The lowest BCUT2D eigenvalue weighted by Gasteiger charge is -2.38. The summed E-state index contributed by atoms with van der Waals surface area (Å²) in [6.07, 6.45) is 3.84. The zero-order valence-electron chi connectivity index (χ0n) is 14.0. The summed E-state index contributed by atoms with van der Waals surface area (Å²) in [5.74, 6) is -0.281. The van der Waals surface area contributed by atoms with E-state index in [1.54, 1.807) is 32.4 Å². The van der Waals surface area contributed by atoms with E-state index in [2.05, 4.69) is 20.9 Å². The highest BCUT2D eigenvalue weighted by Gasteiger charge is 2.39. The van der Waals surface area contributed by atoms with E-state index < -0.39 is 6.04 Å². The summed E-state index contributed by atoms with van der Waals surface area (Å²) in [7, 11) is 3.31.